The first-order chi connectivity index (χ1) is 5.95. The third kappa shape index (κ3) is 1.87. The summed E-state index contributed by atoms with van der Waals surface area (Å²) < 4.78 is 35.9. The molecule has 0 amide bonds. The second-order valence-corrected chi connectivity index (χ2v) is 2.23. The van der Waals surface area contributed by atoms with Crippen LogP contribution < -0.4 is 5.43 Å². The molecule has 0 spiro atoms. The fourth-order valence-corrected chi connectivity index (χ4v) is 0.758. The van der Waals surface area contributed by atoms with Crippen molar-refractivity contribution >= 4 is 0 Å². The first kappa shape index (κ1) is 9.32. The Kier molecular flexibility index (Phi) is 2.10. The second kappa shape index (κ2) is 2.94. The Bertz CT molecular complexity index is 413. The number of hydrogen-bond donors (Lipinski definition) is 1. The van der Waals surface area contributed by atoms with Crippen LogP contribution >= 0.6 is 0 Å². The highest BCUT2D eigenvalue weighted by atomic mass is 19.4. The Morgan fingerprint density at radius 2 is 2.08 bits per heavy atom. The summed E-state index contributed by atoms with van der Waals surface area (Å²) in [6.07, 6.45) is -4.19. The third-order valence-corrected chi connectivity index (χ3v) is 1.34. The number of alkyl halides is 3. The van der Waals surface area contributed by atoms with Gasteiger partial charge in [-0.1, -0.05) is 0 Å². The maximum absolute atomic E-state index is 12.0. The summed E-state index contributed by atoms with van der Waals surface area (Å²) in [6.45, 7) is 0. The van der Waals surface area contributed by atoms with Gasteiger partial charge in [0.1, 0.15) is 17.3 Å². The Hall–Kier alpha value is -1.77. The van der Waals surface area contributed by atoms with Crippen molar-refractivity contribution in [1.29, 1.82) is 5.26 Å². The van der Waals surface area contributed by atoms with Crippen molar-refractivity contribution in [2.24, 2.45) is 0 Å². The molecule has 6 heteroatoms. The lowest BCUT2D eigenvalue weighted by atomic mass is 10.2. The zero-order chi connectivity index (χ0) is 10.1. The number of aromatic amines is 1. The van der Waals surface area contributed by atoms with Crippen LogP contribution in [-0.2, 0) is 6.18 Å². The van der Waals surface area contributed by atoms with Gasteiger partial charge in [-0.3, -0.25) is 4.79 Å². The van der Waals surface area contributed by atoms with E-state index in [0.29, 0.717) is 12.3 Å². The van der Waals surface area contributed by atoms with Crippen LogP contribution in [0.2, 0.25) is 0 Å². The fraction of sp³-hybridized carbons (Fsp3) is 0.143. The zero-order valence-corrected chi connectivity index (χ0v) is 6.14. The van der Waals surface area contributed by atoms with Crippen molar-refractivity contribution in [3.63, 3.8) is 0 Å². The topological polar surface area (TPSA) is 56.6 Å². The number of halogens is 3. The van der Waals surface area contributed by atoms with Crippen LogP contribution in [0.1, 0.15) is 11.3 Å². The molecular weight excluding hydrogens is 185 g/mol. The number of nitrogens with zero attached hydrogens (tertiary/aromatic N) is 1. The summed E-state index contributed by atoms with van der Waals surface area (Å²) in [6, 6.07) is 2.14. The van der Waals surface area contributed by atoms with Gasteiger partial charge in [-0.05, 0) is 0 Å². The quantitative estimate of drug-likeness (QED) is 0.666. The van der Waals surface area contributed by atoms with E-state index in [1.54, 1.807) is 0 Å². The molecule has 0 fully saturated rings. The van der Waals surface area contributed by atoms with Gasteiger partial charge < -0.3 is 4.98 Å². The summed E-state index contributed by atoms with van der Waals surface area (Å²) in [5, 5.41) is 8.25. The first-order valence-corrected chi connectivity index (χ1v) is 3.15. The molecule has 0 saturated carbocycles. The average molecular weight is 188 g/mol. The van der Waals surface area contributed by atoms with Crippen molar-refractivity contribution in [3.05, 3.63) is 33.7 Å². The normalized spacial score (nSPS) is 10.9. The van der Waals surface area contributed by atoms with Crippen LogP contribution in [0.15, 0.2) is 17.1 Å². The summed E-state index contributed by atoms with van der Waals surface area (Å²) in [4.78, 5) is 12.8. The van der Waals surface area contributed by atoms with E-state index in [4.69, 9.17) is 5.26 Å². The molecular formula is C7H3F3N2O. The number of aromatic nitrogens is 1. The Labute approximate surface area is 70.4 Å². The molecule has 1 N–H and O–H groups in total. The van der Waals surface area contributed by atoms with Gasteiger partial charge in [-0.15, -0.1) is 0 Å². The Morgan fingerprint density at radius 1 is 1.46 bits per heavy atom. The van der Waals surface area contributed by atoms with Crippen LogP contribution in [0.4, 0.5) is 13.2 Å². The lowest BCUT2D eigenvalue weighted by Gasteiger charge is -2.03. The fourth-order valence-electron chi connectivity index (χ4n) is 0.758. The van der Waals surface area contributed by atoms with Gasteiger partial charge >= 0.3 is 6.18 Å². The number of hydrogen-bond acceptors (Lipinski definition) is 2. The molecule has 1 heterocycles. The number of nitrogens with one attached hydrogen (secondary N) is 1. The molecule has 0 unspecified atom stereocenters. The molecule has 1 rings (SSSR count). The predicted octanol–water partition coefficient (Wildman–Crippen LogP) is 1.27. The Balaban J connectivity index is 3.32. The van der Waals surface area contributed by atoms with Gasteiger partial charge in [-0.2, -0.15) is 18.4 Å². The monoisotopic (exact) mass is 188 g/mol. The number of pyridine rings is 1. The molecule has 0 atom stereocenters. The SMILES string of the molecule is N#Cc1cc(=O)c(C(F)(F)F)c[nH]1. The maximum Gasteiger partial charge on any atom is 0.421 e. The van der Waals surface area contributed by atoms with Gasteiger partial charge in [0.2, 0.25) is 0 Å². The lowest BCUT2D eigenvalue weighted by Crippen LogP contribution is -2.19. The molecule has 0 bridgehead atoms. The van der Waals surface area contributed by atoms with E-state index in [9.17, 15) is 18.0 Å². The van der Waals surface area contributed by atoms with Crippen LogP contribution in [0.3, 0.4) is 0 Å². The Morgan fingerprint density at radius 3 is 2.46 bits per heavy atom. The van der Waals surface area contributed by atoms with E-state index in [0.717, 1.165) is 0 Å². The maximum atomic E-state index is 12.0. The summed E-state index contributed by atoms with van der Waals surface area (Å²) in [5.41, 5.74) is -2.70. The van der Waals surface area contributed by atoms with E-state index in [1.807, 2.05) is 0 Å². The summed E-state index contributed by atoms with van der Waals surface area (Å²) >= 11 is 0. The molecule has 0 saturated heterocycles. The van der Waals surface area contributed by atoms with E-state index in [2.05, 4.69) is 4.98 Å². The van der Waals surface area contributed by atoms with Crippen LogP contribution in [-0.4, -0.2) is 4.98 Å². The highest BCUT2D eigenvalue weighted by Crippen LogP contribution is 2.25. The van der Waals surface area contributed by atoms with Gasteiger partial charge in [0, 0.05) is 12.3 Å². The molecule has 1 aromatic heterocycles. The number of rotatable bonds is 0. The molecule has 68 valence electrons. The van der Waals surface area contributed by atoms with E-state index < -0.39 is 17.2 Å². The van der Waals surface area contributed by atoms with Crippen LogP contribution in [0.25, 0.3) is 0 Å². The first-order valence-electron chi connectivity index (χ1n) is 3.15. The van der Waals surface area contributed by atoms with Gasteiger partial charge in [0.05, 0.1) is 0 Å². The summed E-state index contributed by atoms with van der Waals surface area (Å²) in [7, 11) is 0. The molecule has 0 radical (unpaired) electrons. The summed E-state index contributed by atoms with van der Waals surface area (Å²) in [5.74, 6) is 0. The molecule has 0 aliphatic carbocycles. The molecule has 0 aliphatic rings. The molecule has 13 heavy (non-hydrogen) atoms. The smallest absolute Gasteiger partial charge is 0.352 e. The van der Waals surface area contributed by atoms with Gasteiger partial charge in [0.15, 0.2) is 5.43 Å². The molecule has 0 aromatic carbocycles. The largest absolute Gasteiger partial charge is 0.421 e. The average Bonchev–Trinajstić information content (AvgIpc) is 2.01. The van der Waals surface area contributed by atoms with Crippen molar-refractivity contribution in [1.82, 2.24) is 4.98 Å². The van der Waals surface area contributed by atoms with Crippen molar-refractivity contribution in [2.45, 2.75) is 6.18 Å². The third-order valence-electron chi connectivity index (χ3n) is 1.34. The standard InChI is InChI=1S/C7H3F3N2O/c8-7(9,10)5-3-12-4(2-11)1-6(5)13/h1,3H,(H,12,13). The van der Waals surface area contributed by atoms with E-state index in [-0.39, 0.29) is 5.69 Å². The number of H-pyrrole nitrogens is 1. The zero-order valence-electron chi connectivity index (χ0n) is 6.14. The van der Waals surface area contributed by atoms with Crippen molar-refractivity contribution in [2.75, 3.05) is 0 Å². The highest BCUT2D eigenvalue weighted by molar-refractivity contribution is 5.24. The van der Waals surface area contributed by atoms with Crippen molar-refractivity contribution < 1.29 is 13.2 Å². The van der Waals surface area contributed by atoms with Gasteiger partial charge in [0.25, 0.3) is 0 Å². The van der Waals surface area contributed by atoms with E-state index in [1.165, 1.54) is 6.07 Å². The number of nitriles is 1. The second-order valence-electron chi connectivity index (χ2n) is 2.23. The predicted molar refractivity (Wildman–Crippen MR) is 36.8 cm³/mol. The molecule has 1 aromatic rings. The minimum Gasteiger partial charge on any atom is -0.352 e. The van der Waals surface area contributed by atoms with E-state index >= 15 is 0 Å². The van der Waals surface area contributed by atoms with Crippen molar-refractivity contribution in [3.8, 4) is 6.07 Å². The molecule has 3 nitrogen and oxygen atoms in total. The minimum atomic E-state index is -4.68. The molecule has 0 aliphatic heterocycles. The van der Waals surface area contributed by atoms with Crippen LogP contribution in [0, 0.1) is 11.3 Å². The minimum absolute atomic E-state index is 0.196. The highest BCUT2D eigenvalue weighted by Gasteiger charge is 2.33. The van der Waals surface area contributed by atoms with Crippen LogP contribution in [0.5, 0.6) is 0 Å². The van der Waals surface area contributed by atoms with Gasteiger partial charge in [-0.25, -0.2) is 0 Å². The lowest BCUT2D eigenvalue weighted by molar-refractivity contribution is -0.138.